The van der Waals surface area contributed by atoms with Crippen molar-refractivity contribution in [1.82, 2.24) is 15.3 Å². The standard InChI is InChI=1S/C33H38N4O6/c1-7-20-19(6)32(42)37-27(20)14-25-18(5)23(10-12-31(40)41)29(35-25)15-28-22(9-11-30(38)39)17(4)24(34-28)13-26-16(3)21(8-2)33(43)36-26/h7,13-15,19,34-35H,8-12H2,1-6H3,(H,37,42)(H,38,39)(H,40,41). The van der Waals surface area contributed by atoms with Crippen LogP contribution in [-0.2, 0) is 32.0 Å². The van der Waals surface area contributed by atoms with Gasteiger partial charge in [-0.15, -0.1) is 0 Å². The molecule has 0 aliphatic carbocycles. The summed E-state index contributed by atoms with van der Waals surface area (Å²) in [5.74, 6) is -2.44. The molecule has 0 aromatic carbocycles. The van der Waals surface area contributed by atoms with E-state index in [-0.39, 0.29) is 43.4 Å². The van der Waals surface area contributed by atoms with Crippen molar-refractivity contribution >= 4 is 47.7 Å². The summed E-state index contributed by atoms with van der Waals surface area (Å²) in [6.07, 6.45) is 8.45. The van der Waals surface area contributed by atoms with Crippen molar-refractivity contribution in [3.63, 3.8) is 0 Å². The minimum absolute atomic E-state index is 0.0721. The lowest BCUT2D eigenvalue weighted by atomic mass is 10.00. The average Bonchev–Trinajstić information content (AvgIpc) is 3.59. The highest BCUT2D eigenvalue weighted by Gasteiger charge is 2.29. The SMILES string of the molecule is CC=C1C(=Cc2[nH]c(C=c3[nH]c(=CC4=NC(=O)C(CC)=C4C)c(C)c3CCC(=O)O)c(CCC(=O)O)c2C)NC(=O)C1C. The van der Waals surface area contributed by atoms with Crippen LogP contribution in [0.15, 0.2) is 33.5 Å². The molecule has 0 radical (unpaired) electrons. The first-order valence-electron chi connectivity index (χ1n) is 14.4. The van der Waals surface area contributed by atoms with E-state index in [0.717, 1.165) is 39.1 Å². The van der Waals surface area contributed by atoms with Gasteiger partial charge in [0.2, 0.25) is 5.91 Å². The molecule has 2 aromatic heterocycles. The normalized spacial score (nSPS) is 19.8. The zero-order chi connectivity index (χ0) is 31.6. The van der Waals surface area contributed by atoms with Crippen LogP contribution in [0.25, 0.3) is 18.2 Å². The number of carboxylic acids is 2. The number of nitrogens with one attached hydrogen (secondary N) is 3. The summed E-state index contributed by atoms with van der Waals surface area (Å²) in [5.41, 5.74) is 8.40. The number of hydrogen-bond donors (Lipinski definition) is 5. The number of aromatic nitrogens is 2. The van der Waals surface area contributed by atoms with Gasteiger partial charge in [-0.25, -0.2) is 4.99 Å². The van der Waals surface area contributed by atoms with Crippen molar-refractivity contribution in [1.29, 1.82) is 0 Å². The molecule has 43 heavy (non-hydrogen) atoms. The molecule has 1 fully saturated rings. The first-order valence-corrected chi connectivity index (χ1v) is 14.4. The molecular formula is C33H38N4O6. The second-order valence-corrected chi connectivity index (χ2v) is 11.0. The maximum Gasteiger partial charge on any atom is 0.303 e. The zero-order valence-corrected chi connectivity index (χ0v) is 25.4. The molecule has 2 amide bonds. The van der Waals surface area contributed by atoms with Crippen LogP contribution in [-0.4, -0.2) is 49.6 Å². The summed E-state index contributed by atoms with van der Waals surface area (Å²) in [7, 11) is 0. The third-order valence-corrected chi connectivity index (χ3v) is 8.35. The Bertz CT molecular complexity index is 1780. The molecule has 0 spiro atoms. The number of carbonyl (C=O) groups excluding carboxylic acids is 2. The summed E-state index contributed by atoms with van der Waals surface area (Å²) in [5, 5.41) is 23.2. The first kappa shape index (κ1) is 31.2. The highest BCUT2D eigenvalue weighted by atomic mass is 16.4. The lowest BCUT2D eigenvalue weighted by molar-refractivity contribution is -0.138. The van der Waals surface area contributed by atoms with Gasteiger partial charge in [-0.1, -0.05) is 13.0 Å². The maximum absolute atomic E-state index is 12.3. The van der Waals surface area contributed by atoms with Crippen molar-refractivity contribution in [2.75, 3.05) is 0 Å². The second kappa shape index (κ2) is 12.6. The molecule has 1 atom stereocenters. The Morgan fingerprint density at radius 3 is 2.12 bits per heavy atom. The largest absolute Gasteiger partial charge is 0.481 e. The Morgan fingerprint density at radius 2 is 1.53 bits per heavy atom. The lowest BCUT2D eigenvalue weighted by Gasteiger charge is -2.03. The second-order valence-electron chi connectivity index (χ2n) is 11.0. The van der Waals surface area contributed by atoms with E-state index >= 15 is 0 Å². The average molecular weight is 587 g/mol. The number of rotatable bonds is 10. The van der Waals surface area contributed by atoms with Crippen molar-refractivity contribution < 1.29 is 29.4 Å². The van der Waals surface area contributed by atoms with Gasteiger partial charge in [0.15, 0.2) is 0 Å². The minimum Gasteiger partial charge on any atom is -0.481 e. The number of carboxylic acid groups (broad SMARTS) is 2. The van der Waals surface area contributed by atoms with E-state index in [4.69, 9.17) is 0 Å². The number of H-pyrrole nitrogens is 2. The fourth-order valence-electron chi connectivity index (χ4n) is 5.77. The Kier molecular flexibility index (Phi) is 9.18. The molecule has 2 aliphatic heterocycles. The predicted octanol–water partition coefficient (Wildman–Crippen LogP) is 3.36. The smallest absolute Gasteiger partial charge is 0.303 e. The molecule has 2 aliphatic rings. The molecule has 5 N–H and O–H groups in total. The van der Waals surface area contributed by atoms with Crippen molar-refractivity contribution in [2.45, 2.75) is 73.6 Å². The van der Waals surface area contributed by atoms with E-state index in [9.17, 15) is 29.4 Å². The molecule has 10 heteroatoms. The highest BCUT2D eigenvalue weighted by Crippen LogP contribution is 2.29. The molecule has 0 saturated carbocycles. The fourth-order valence-corrected chi connectivity index (χ4v) is 5.77. The quantitative estimate of drug-likeness (QED) is 0.286. The number of aromatic amines is 2. The number of amides is 2. The molecule has 4 rings (SSSR count). The Labute approximate surface area is 249 Å². The minimum atomic E-state index is -0.923. The third kappa shape index (κ3) is 6.38. The van der Waals surface area contributed by atoms with Crippen LogP contribution in [0.4, 0.5) is 0 Å². The van der Waals surface area contributed by atoms with Crippen molar-refractivity contribution in [3.8, 4) is 0 Å². The number of carbonyl (C=O) groups is 4. The van der Waals surface area contributed by atoms with E-state index in [1.54, 1.807) is 0 Å². The van der Waals surface area contributed by atoms with Crippen LogP contribution in [0.2, 0.25) is 0 Å². The third-order valence-electron chi connectivity index (χ3n) is 8.35. The number of nitrogens with zero attached hydrogens (tertiary/aromatic N) is 1. The molecule has 0 bridgehead atoms. The van der Waals surface area contributed by atoms with Crippen LogP contribution in [0, 0.1) is 19.8 Å². The van der Waals surface area contributed by atoms with Crippen LogP contribution in [0.5, 0.6) is 0 Å². The van der Waals surface area contributed by atoms with E-state index in [0.29, 0.717) is 39.8 Å². The Hall–Kier alpha value is -4.73. The topological polar surface area (TPSA) is 165 Å². The van der Waals surface area contributed by atoms with Gasteiger partial charge in [0.1, 0.15) is 0 Å². The van der Waals surface area contributed by atoms with Crippen LogP contribution in [0.3, 0.4) is 0 Å². The molecule has 10 nitrogen and oxygen atoms in total. The van der Waals surface area contributed by atoms with E-state index in [2.05, 4.69) is 20.3 Å². The van der Waals surface area contributed by atoms with Gasteiger partial charge in [0.25, 0.3) is 5.91 Å². The lowest BCUT2D eigenvalue weighted by Crippen LogP contribution is -2.16. The van der Waals surface area contributed by atoms with Crippen molar-refractivity contribution in [2.24, 2.45) is 10.9 Å². The summed E-state index contributed by atoms with van der Waals surface area (Å²) in [6, 6.07) is 0. The molecular weight excluding hydrogens is 548 g/mol. The van der Waals surface area contributed by atoms with Gasteiger partial charge >= 0.3 is 11.9 Å². The van der Waals surface area contributed by atoms with Gasteiger partial charge in [-0.05, 0) is 106 Å². The first-order chi connectivity index (χ1) is 20.4. The van der Waals surface area contributed by atoms with E-state index in [1.165, 1.54) is 0 Å². The van der Waals surface area contributed by atoms with Crippen LogP contribution in [0.1, 0.15) is 80.6 Å². The fraction of sp³-hybridized carbons (Fsp3) is 0.364. The Morgan fingerprint density at radius 1 is 0.884 bits per heavy atom. The van der Waals surface area contributed by atoms with Gasteiger partial charge in [-0.3, -0.25) is 19.2 Å². The van der Waals surface area contributed by atoms with Crippen LogP contribution < -0.4 is 16.0 Å². The molecule has 226 valence electrons. The summed E-state index contributed by atoms with van der Waals surface area (Å²) < 4.78 is 0. The maximum atomic E-state index is 12.3. The number of hydrogen-bond acceptors (Lipinski definition) is 4. The molecule has 1 saturated heterocycles. The highest BCUT2D eigenvalue weighted by molar-refractivity contribution is 6.30. The van der Waals surface area contributed by atoms with Crippen molar-refractivity contribution in [3.05, 3.63) is 72.8 Å². The number of allylic oxidation sites excluding steroid dienone is 3. The Balaban J connectivity index is 1.91. The molecule has 1 unspecified atom stereocenters. The number of aliphatic imine (C=N–C) groups is 1. The zero-order valence-electron chi connectivity index (χ0n) is 25.4. The summed E-state index contributed by atoms with van der Waals surface area (Å²) in [4.78, 5) is 58.8. The van der Waals surface area contributed by atoms with E-state index in [1.807, 2.05) is 65.8 Å². The monoisotopic (exact) mass is 586 g/mol. The predicted molar refractivity (Wildman–Crippen MR) is 165 cm³/mol. The summed E-state index contributed by atoms with van der Waals surface area (Å²) >= 11 is 0. The molecule has 4 heterocycles. The van der Waals surface area contributed by atoms with E-state index < -0.39 is 11.9 Å². The van der Waals surface area contributed by atoms with Gasteiger partial charge in [0, 0.05) is 46.2 Å². The van der Waals surface area contributed by atoms with Gasteiger partial charge < -0.3 is 25.5 Å². The summed E-state index contributed by atoms with van der Waals surface area (Å²) in [6.45, 7) is 11.3. The van der Waals surface area contributed by atoms with Gasteiger partial charge in [-0.2, -0.15) is 0 Å². The molecule has 2 aromatic rings. The number of aliphatic carboxylic acids is 2. The van der Waals surface area contributed by atoms with Crippen LogP contribution >= 0.6 is 0 Å². The van der Waals surface area contributed by atoms with Gasteiger partial charge in [0.05, 0.1) is 11.6 Å².